The average molecular weight is 253 g/mol. The average Bonchev–Trinajstić information content (AvgIpc) is 2.36. The van der Waals surface area contributed by atoms with Crippen LogP contribution in [0.4, 0.5) is 10.1 Å². The predicted octanol–water partition coefficient (Wildman–Crippen LogP) is 1.88. The van der Waals surface area contributed by atoms with Crippen LogP contribution in [0.15, 0.2) is 23.2 Å². The minimum absolute atomic E-state index is 0.00917. The third-order valence-corrected chi connectivity index (χ3v) is 1.98. The summed E-state index contributed by atoms with van der Waals surface area (Å²) in [4.78, 5) is 26.2. The molecule has 0 spiro atoms. The summed E-state index contributed by atoms with van der Waals surface area (Å²) < 4.78 is 22.5. The first-order chi connectivity index (χ1) is 8.60. The molecule has 0 aromatic heterocycles. The lowest BCUT2D eigenvalue weighted by molar-refractivity contribution is -0.134. The van der Waals surface area contributed by atoms with Gasteiger partial charge >= 0.3 is 11.9 Å². The van der Waals surface area contributed by atoms with Gasteiger partial charge in [0.1, 0.15) is 17.6 Å². The number of methoxy groups -OCH3 is 1. The molecular formula is C12H12FNO4. The van der Waals surface area contributed by atoms with Crippen LogP contribution < -0.4 is 0 Å². The number of carbonyl (C=O) groups excluding carboxylic acids is 2. The number of carbonyl (C=O) groups is 2. The number of hydrogen-bond donors (Lipinski definition) is 0. The van der Waals surface area contributed by atoms with Crippen molar-refractivity contribution in [2.75, 3.05) is 13.7 Å². The van der Waals surface area contributed by atoms with E-state index in [2.05, 4.69) is 14.5 Å². The first-order valence-corrected chi connectivity index (χ1v) is 5.17. The monoisotopic (exact) mass is 253 g/mol. The molecule has 1 aromatic carbocycles. The Labute approximate surface area is 103 Å². The molecule has 0 amide bonds. The molecular weight excluding hydrogens is 241 g/mol. The number of esters is 2. The van der Waals surface area contributed by atoms with Crippen LogP contribution in [0.25, 0.3) is 0 Å². The first kappa shape index (κ1) is 13.8. The molecule has 0 atom stereocenters. The molecule has 18 heavy (non-hydrogen) atoms. The van der Waals surface area contributed by atoms with Crippen molar-refractivity contribution in [3.05, 3.63) is 29.6 Å². The zero-order valence-electron chi connectivity index (χ0n) is 9.97. The minimum atomic E-state index is -0.857. The molecule has 0 saturated carbocycles. The van der Waals surface area contributed by atoms with Gasteiger partial charge in [0.25, 0.3) is 0 Å². The van der Waals surface area contributed by atoms with Crippen LogP contribution in [0, 0.1) is 5.82 Å². The molecule has 0 saturated heterocycles. The van der Waals surface area contributed by atoms with Gasteiger partial charge in [0.05, 0.1) is 19.4 Å². The van der Waals surface area contributed by atoms with Crippen molar-refractivity contribution in [3.8, 4) is 0 Å². The van der Waals surface area contributed by atoms with Crippen LogP contribution >= 0.6 is 0 Å². The van der Waals surface area contributed by atoms with Crippen molar-refractivity contribution < 1.29 is 23.5 Å². The maximum absolute atomic E-state index is 13.5. The van der Waals surface area contributed by atoms with Crippen molar-refractivity contribution >= 4 is 23.8 Å². The van der Waals surface area contributed by atoms with Crippen molar-refractivity contribution in [2.45, 2.75) is 6.92 Å². The quantitative estimate of drug-likeness (QED) is 0.607. The van der Waals surface area contributed by atoms with Gasteiger partial charge in [0, 0.05) is 0 Å². The van der Waals surface area contributed by atoms with Crippen LogP contribution in [0.2, 0.25) is 0 Å². The number of ether oxygens (including phenoxy) is 2. The number of aliphatic imine (C=N–C) groups is 1. The SMILES string of the molecule is CCOC(=O)C=Nc1cccc(F)c1C(=O)OC. The lowest BCUT2D eigenvalue weighted by Crippen LogP contribution is -2.07. The normalized spacial score (nSPS) is 10.4. The minimum Gasteiger partial charge on any atom is -0.465 e. The lowest BCUT2D eigenvalue weighted by atomic mass is 10.1. The van der Waals surface area contributed by atoms with Gasteiger partial charge in [0.15, 0.2) is 0 Å². The molecule has 0 fully saturated rings. The molecule has 1 aromatic rings. The van der Waals surface area contributed by atoms with E-state index in [-0.39, 0.29) is 17.9 Å². The Morgan fingerprint density at radius 3 is 2.78 bits per heavy atom. The van der Waals surface area contributed by atoms with Gasteiger partial charge in [-0.25, -0.2) is 19.0 Å². The van der Waals surface area contributed by atoms with Gasteiger partial charge in [-0.3, -0.25) is 0 Å². The first-order valence-electron chi connectivity index (χ1n) is 5.17. The third-order valence-electron chi connectivity index (χ3n) is 1.98. The Balaban J connectivity index is 3.05. The van der Waals surface area contributed by atoms with E-state index in [4.69, 9.17) is 0 Å². The second-order valence-corrected chi connectivity index (χ2v) is 3.14. The van der Waals surface area contributed by atoms with Crippen LogP contribution in [0.3, 0.4) is 0 Å². The number of rotatable bonds is 4. The maximum atomic E-state index is 13.5. The van der Waals surface area contributed by atoms with E-state index in [9.17, 15) is 14.0 Å². The van der Waals surface area contributed by atoms with E-state index in [0.29, 0.717) is 0 Å². The Kier molecular flexibility index (Phi) is 4.98. The van der Waals surface area contributed by atoms with E-state index in [1.54, 1.807) is 6.92 Å². The highest BCUT2D eigenvalue weighted by Gasteiger charge is 2.16. The molecule has 5 nitrogen and oxygen atoms in total. The molecule has 96 valence electrons. The fourth-order valence-corrected chi connectivity index (χ4v) is 1.23. The second-order valence-electron chi connectivity index (χ2n) is 3.14. The summed E-state index contributed by atoms with van der Waals surface area (Å²) in [7, 11) is 1.13. The molecule has 1 rings (SSSR count). The molecule has 0 N–H and O–H groups in total. The van der Waals surface area contributed by atoms with Gasteiger partial charge in [0.2, 0.25) is 0 Å². The van der Waals surface area contributed by atoms with Gasteiger partial charge in [-0.15, -0.1) is 0 Å². The standard InChI is InChI=1S/C12H12FNO4/c1-3-18-10(15)7-14-9-6-4-5-8(13)11(9)12(16)17-2/h4-7H,3H2,1-2H3. The summed E-state index contributed by atoms with van der Waals surface area (Å²) >= 11 is 0. The molecule has 6 heteroatoms. The molecule has 0 unspecified atom stereocenters. The molecule has 0 radical (unpaired) electrons. The molecule has 0 aliphatic heterocycles. The third kappa shape index (κ3) is 3.38. The van der Waals surface area contributed by atoms with Crippen LogP contribution in [0.5, 0.6) is 0 Å². The maximum Gasteiger partial charge on any atom is 0.349 e. The molecule has 0 aliphatic carbocycles. The summed E-state index contributed by atoms with van der Waals surface area (Å²) in [6.45, 7) is 1.85. The van der Waals surface area contributed by atoms with Crippen LogP contribution in [0.1, 0.15) is 17.3 Å². The van der Waals surface area contributed by atoms with Crippen molar-refractivity contribution in [3.63, 3.8) is 0 Å². The van der Waals surface area contributed by atoms with Gasteiger partial charge in [-0.1, -0.05) is 6.07 Å². The zero-order chi connectivity index (χ0) is 13.5. The smallest absolute Gasteiger partial charge is 0.349 e. The highest BCUT2D eigenvalue weighted by molar-refractivity contribution is 6.24. The van der Waals surface area contributed by atoms with E-state index < -0.39 is 17.8 Å². The predicted molar refractivity (Wildman–Crippen MR) is 62.5 cm³/mol. The van der Waals surface area contributed by atoms with Crippen LogP contribution in [-0.2, 0) is 14.3 Å². The van der Waals surface area contributed by atoms with Gasteiger partial charge in [-0.2, -0.15) is 0 Å². The Hall–Kier alpha value is -2.24. The summed E-state index contributed by atoms with van der Waals surface area (Å²) in [5.74, 6) is -2.29. The van der Waals surface area contributed by atoms with Crippen molar-refractivity contribution in [1.29, 1.82) is 0 Å². The number of benzene rings is 1. The van der Waals surface area contributed by atoms with Crippen LogP contribution in [-0.4, -0.2) is 31.9 Å². The summed E-state index contributed by atoms with van der Waals surface area (Å²) in [6.07, 6.45) is 0.880. The summed E-state index contributed by atoms with van der Waals surface area (Å²) in [6, 6.07) is 3.88. The number of halogens is 1. The Bertz CT molecular complexity index is 485. The van der Waals surface area contributed by atoms with E-state index >= 15 is 0 Å². The van der Waals surface area contributed by atoms with Gasteiger partial charge < -0.3 is 9.47 Å². The Morgan fingerprint density at radius 1 is 1.44 bits per heavy atom. The van der Waals surface area contributed by atoms with Crippen molar-refractivity contribution in [1.82, 2.24) is 0 Å². The summed E-state index contributed by atoms with van der Waals surface area (Å²) in [5, 5.41) is 0. The largest absolute Gasteiger partial charge is 0.465 e. The van der Waals surface area contributed by atoms with Gasteiger partial charge in [-0.05, 0) is 19.1 Å². The lowest BCUT2D eigenvalue weighted by Gasteiger charge is -2.04. The van der Waals surface area contributed by atoms with Crippen molar-refractivity contribution in [2.24, 2.45) is 4.99 Å². The number of nitrogens with zero attached hydrogens (tertiary/aromatic N) is 1. The molecule has 0 bridgehead atoms. The highest BCUT2D eigenvalue weighted by Crippen LogP contribution is 2.22. The van der Waals surface area contributed by atoms with E-state index in [0.717, 1.165) is 19.4 Å². The fourth-order valence-electron chi connectivity index (χ4n) is 1.23. The van der Waals surface area contributed by atoms with E-state index in [1.807, 2.05) is 0 Å². The zero-order valence-corrected chi connectivity index (χ0v) is 9.97. The topological polar surface area (TPSA) is 65.0 Å². The Morgan fingerprint density at radius 2 is 2.17 bits per heavy atom. The fraction of sp³-hybridized carbons (Fsp3) is 0.250. The molecule has 0 heterocycles. The highest BCUT2D eigenvalue weighted by atomic mass is 19.1. The number of hydrogen-bond acceptors (Lipinski definition) is 5. The van der Waals surface area contributed by atoms with E-state index in [1.165, 1.54) is 12.1 Å². The second kappa shape index (κ2) is 6.48. The summed E-state index contributed by atoms with van der Waals surface area (Å²) in [5.41, 5.74) is -0.310. The molecule has 0 aliphatic rings.